The Morgan fingerprint density at radius 2 is 2.18 bits per heavy atom. The van der Waals surface area contributed by atoms with Crippen molar-refractivity contribution in [2.75, 3.05) is 5.73 Å². The lowest BCUT2D eigenvalue weighted by atomic mass is 9.75. The van der Waals surface area contributed by atoms with Gasteiger partial charge in [-0.3, -0.25) is 14.9 Å². The Morgan fingerprint density at radius 1 is 1.50 bits per heavy atom. The van der Waals surface area contributed by atoms with Crippen molar-refractivity contribution in [2.45, 2.75) is 31.5 Å². The summed E-state index contributed by atoms with van der Waals surface area (Å²) in [6, 6.07) is 0. The molecule has 2 fully saturated rings. The third kappa shape index (κ3) is 2.28. The molecule has 22 heavy (non-hydrogen) atoms. The third-order valence-electron chi connectivity index (χ3n) is 4.51. The number of carbonyl (C=O) groups excluding carboxylic acids is 1. The summed E-state index contributed by atoms with van der Waals surface area (Å²) in [6.45, 7) is 0. The molecule has 2 aliphatic rings. The zero-order valence-corrected chi connectivity index (χ0v) is 12.3. The fraction of sp³-hybridized carbons (Fsp3) is 0.538. The lowest BCUT2D eigenvalue weighted by Crippen LogP contribution is -2.38. The molecule has 3 rings (SSSR count). The summed E-state index contributed by atoms with van der Waals surface area (Å²) >= 11 is 6.07. The van der Waals surface area contributed by atoms with E-state index in [4.69, 9.17) is 27.8 Å². The molecule has 0 spiro atoms. The number of primary amides is 1. The monoisotopic (exact) mass is 326 g/mol. The summed E-state index contributed by atoms with van der Waals surface area (Å²) in [5.41, 5.74) is 11.0. The van der Waals surface area contributed by atoms with Crippen LogP contribution in [0.5, 0.6) is 0 Å². The average molecular weight is 327 g/mol. The minimum atomic E-state index is -0.600. The van der Waals surface area contributed by atoms with Gasteiger partial charge in [-0.1, -0.05) is 11.6 Å². The highest BCUT2D eigenvalue weighted by Gasteiger charge is 2.52. The van der Waals surface area contributed by atoms with Crippen molar-refractivity contribution in [1.82, 2.24) is 4.98 Å². The Labute approximate surface area is 130 Å². The van der Waals surface area contributed by atoms with Gasteiger partial charge in [0.05, 0.1) is 33.6 Å². The van der Waals surface area contributed by atoms with Crippen LogP contribution in [0.1, 0.15) is 18.4 Å². The standard InChI is InChI=1S/C13H15ClN4O4/c14-7-4-17-12(15)11(18(20)21)5(7)3-6-8-1-2-9(22-8)10(6)13(16)19/h4,6,8-10H,1-3H2,(H2,15,17)(H2,16,19)/t6-,8-,9+,10-/m1/s1. The number of hydrogen-bond donors (Lipinski definition) is 2. The van der Waals surface area contributed by atoms with Crippen molar-refractivity contribution in [1.29, 1.82) is 0 Å². The van der Waals surface area contributed by atoms with Crippen molar-refractivity contribution >= 4 is 29.0 Å². The van der Waals surface area contributed by atoms with Gasteiger partial charge >= 0.3 is 5.69 Å². The van der Waals surface area contributed by atoms with Gasteiger partial charge in [-0.05, 0) is 19.3 Å². The first-order valence-corrected chi connectivity index (χ1v) is 7.30. The molecular weight excluding hydrogens is 312 g/mol. The molecule has 8 nitrogen and oxygen atoms in total. The molecule has 0 radical (unpaired) electrons. The first kappa shape index (κ1) is 15.0. The van der Waals surface area contributed by atoms with E-state index in [1.54, 1.807) is 0 Å². The van der Waals surface area contributed by atoms with E-state index in [-0.39, 0.29) is 46.6 Å². The second-order valence-electron chi connectivity index (χ2n) is 5.66. The maximum Gasteiger partial charge on any atom is 0.315 e. The van der Waals surface area contributed by atoms with E-state index in [1.807, 2.05) is 0 Å². The van der Waals surface area contributed by atoms with E-state index in [0.717, 1.165) is 12.8 Å². The smallest absolute Gasteiger partial charge is 0.315 e. The first-order chi connectivity index (χ1) is 10.4. The van der Waals surface area contributed by atoms with E-state index < -0.39 is 16.7 Å². The van der Waals surface area contributed by atoms with Crippen molar-refractivity contribution in [3.05, 3.63) is 26.9 Å². The van der Waals surface area contributed by atoms with Crippen LogP contribution in [0.3, 0.4) is 0 Å². The average Bonchev–Trinajstić information content (AvgIpc) is 3.03. The number of nitrogen functional groups attached to an aromatic ring is 1. The number of nitro groups is 1. The van der Waals surface area contributed by atoms with E-state index in [1.165, 1.54) is 6.20 Å². The molecule has 0 aromatic carbocycles. The number of ether oxygens (including phenoxy) is 1. The number of anilines is 1. The summed E-state index contributed by atoms with van der Waals surface area (Å²) < 4.78 is 5.74. The summed E-state index contributed by atoms with van der Waals surface area (Å²) in [6.07, 6.45) is 2.76. The van der Waals surface area contributed by atoms with Crippen molar-refractivity contribution in [3.63, 3.8) is 0 Å². The highest BCUT2D eigenvalue weighted by atomic mass is 35.5. The number of amides is 1. The Balaban J connectivity index is 1.98. The molecule has 3 heterocycles. The van der Waals surface area contributed by atoms with Gasteiger partial charge in [0.1, 0.15) is 0 Å². The summed E-state index contributed by atoms with van der Waals surface area (Å²) in [5.74, 6) is -1.32. The molecular formula is C13H15ClN4O4. The normalized spacial score (nSPS) is 29.7. The second-order valence-corrected chi connectivity index (χ2v) is 6.07. The van der Waals surface area contributed by atoms with E-state index >= 15 is 0 Å². The van der Waals surface area contributed by atoms with Crippen LogP contribution in [0.4, 0.5) is 11.5 Å². The van der Waals surface area contributed by atoms with Crippen LogP contribution in [0, 0.1) is 22.0 Å². The number of nitrogens with two attached hydrogens (primary N) is 2. The van der Waals surface area contributed by atoms with Gasteiger partial charge < -0.3 is 16.2 Å². The lowest BCUT2D eigenvalue weighted by molar-refractivity contribution is -0.384. The zero-order chi connectivity index (χ0) is 16.0. The maximum absolute atomic E-state index is 11.7. The van der Waals surface area contributed by atoms with Crippen molar-refractivity contribution in [2.24, 2.45) is 17.6 Å². The van der Waals surface area contributed by atoms with E-state index in [9.17, 15) is 14.9 Å². The third-order valence-corrected chi connectivity index (χ3v) is 4.84. The van der Waals surface area contributed by atoms with Crippen LogP contribution in [0.25, 0.3) is 0 Å². The molecule has 2 bridgehead atoms. The van der Waals surface area contributed by atoms with E-state index in [0.29, 0.717) is 0 Å². The Kier molecular flexibility index (Phi) is 3.65. The van der Waals surface area contributed by atoms with Crippen LogP contribution in [-0.4, -0.2) is 28.0 Å². The highest BCUT2D eigenvalue weighted by molar-refractivity contribution is 6.31. The molecule has 2 saturated heterocycles. The SMILES string of the molecule is NC(=O)[C@@H]1[C@H](Cc2c(Cl)cnc(N)c2[N+](=O)[O-])[C@H]2CC[C@@H]1O2. The molecule has 0 aliphatic carbocycles. The minimum Gasteiger partial charge on any atom is -0.378 e. The van der Waals surface area contributed by atoms with Gasteiger partial charge in [-0.15, -0.1) is 0 Å². The number of aromatic nitrogens is 1. The molecule has 1 aromatic rings. The fourth-order valence-electron chi connectivity index (χ4n) is 3.59. The Morgan fingerprint density at radius 3 is 2.82 bits per heavy atom. The molecule has 9 heteroatoms. The predicted octanol–water partition coefficient (Wildman–Crippen LogP) is 1.05. The summed E-state index contributed by atoms with van der Waals surface area (Å²) in [5, 5.41) is 11.4. The molecule has 118 valence electrons. The number of pyridine rings is 1. The predicted molar refractivity (Wildman–Crippen MR) is 78.1 cm³/mol. The largest absolute Gasteiger partial charge is 0.378 e. The number of halogens is 1. The molecule has 0 unspecified atom stereocenters. The van der Waals surface area contributed by atoms with Gasteiger partial charge in [0, 0.05) is 12.1 Å². The van der Waals surface area contributed by atoms with Crippen LogP contribution in [0.15, 0.2) is 6.20 Å². The topological polar surface area (TPSA) is 134 Å². The van der Waals surface area contributed by atoms with Gasteiger partial charge in [-0.2, -0.15) is 0 Å². The number of nitrogens with zero attached hydrogens (tertiary/aromatic N) is 2. The zero-order valence-electron chi connectivity index (χ0n) is 11.6. The molecule has 1 amide bonds. The molecule has 1 aromatic heterocycles. The van der Waals surface area contributed by atoms with E-state index in [2.05, 4.69) is 4.98 Å². The highest BCUT2D eigenvalue weighted by Crippen LogP contribution is 2.46. The summed E-state index contributed by atoms with van der Waals surface area (Å²) in [4.78, 5) is 26.1. The summed E-state index contributed by atoms with van der Waals surface area (Å²) in [7, 11) is 0. The maximum atomic E-state index is 11.7. The fourth-order valence-corrected chi connectivity index (χ4v) is 3.81. The van der Waals surface area contributed by atoms with Crippen LogP contribution >= 0.6 is 11.6 Å². The van der Waals surface area contributed by atoms with Gasteiger partial charge in [0.2, 0.25) is 11.7 Å². The van der Waals surface area contributed by atoms with Crippen LogP contribution in [-0.2, 0) is 16.0 Å². The number of hydrogen-bond acceptors (Lipinski definition) is 6. The number of rotatable bonds is 4. The Hall–Kier alpha value is -1.93. The molecule has 2 aliphatic heterocycles. The molecule has 0 saturated carbocycles. The number of fused-ring (bicyclic) bond motifs is 2. The second kappa shape index (κ2) is 5.36. The Bertz CT molecular complexity index is 653. The molecule has 4 atom stereocenters. The van der Waals surface area contributed by atoms with Crippen LogP contribution in [0.2, 0.25) is 5.02 Å². The quantitative estimate of drug-likeness (QED) is 0.627. The van der Waals surface area contributed by atoms with Gasteiger partial charge in [-0.25, -0.2) is 4.98 Å². The van der Waals surface area contributed by atoms with Gasteiger partial charge in [0.25, 0.3) is 0 Å². The molecule has 4 N–H and O–H groups in total. The first-order valence-electron chi connectivity index (χ1n) is 6.92. The van der Waals surface area contributed by atoms with Crippen molar-refractivity contribution < 1.29 is 14.5 Å². The van der Waals surface area contributed by atoms with Crippen LogP contribution < -0.4 is 11.5 Å². The lowest BCUT2D eigenvalue weighted by Gasteiger charge is -2.25. The minimum absolute atomic E-state index is 0.132. The van der Waals surface area contributed by atoms with Gasteiger partial charge in [0.15, 0.2) is 0 Å². The number of carbonyl (C=O) groups is 1. The van der Waals surface area contributed by atoms with Crippen molar-refractivity contribution in [3.8, 4) is 0 Å².